The van der Waals surface area contributed by atoms with Gasteiger partial charge in [0.25, 0.3) is 0 Å². The molecule has 0 N–H and O–H groups in total. The van der Waals surface area contributed by atoms with E-state index in [0.717, 1.165) is 0 Å². The Morgan fingerprint density at radius 3 is 2.21 bits per heavy atom. The Bertz CT molecular complexity index is 221. The quantitative estimate of drug-likeness (QED) is 0.539. The Balaban J connectivity index is 2.87. The van der Waals surface area contributed by atoms with Crippen LogP contribution in [-0.2, 0) is 9.53 Å². The number of esters is 1. The van der Waals surface area contributed by atoms with E-state index in [2.05, 4.69) is 4.74 Å². The summed E-state index contributed by atoms with van der Waals surface area (Å²) >= 11 is 5.08. The van der Waals surface area contributed by atoms with Gasteiger partial charge in [-0.3, -0.25) is 4.79 Å². The van der Waals surface area contributed by atoms with Crippen molar-refractivity contribution in [2.45, 2.75) is 31.9 Å². The summed E-state index contributed by atoms with van der Waals surface area (Å²) in [6, 6.07) is -0.531. The fourth-order valence-corrected chi connectivity index (χ4v) is 1.87. The van der Waals surface area contributed by atoms with Crippen molar-refractivity contribution in [3.63, 3.8) is 0 Å². The zero-order chi connectivity index (χ0) is 10.8. The molecule has 0 aliphatic heterocycles. The van der Waals surface area contributed by atoms with E-state index >= 15 is 0 Å². The summed E-state index contributed by atoms with van der Waals surface area (Å²) < 4.78 is 42.2. The van der Waals surface area contributed by atoms with Gasteiger partial charge in [-0.2, -0.15) is 13.2 Å². The van der Waals surface area contributed by atoms with E-state index in [4.69, 9.17) is 11.6 Å². The molecule has 1 aliphatic carbocycles. The van der Waals surface area contributed by atoms with Crippen LogP contribution >= 0.6 is 11.6 Å². The highest BCUT2D eigenvalue weighted by Crippen LogP contribution is 2.51. The molecule has 1 saturated carbocycles. The minimum Gasteiger partial charge on any atom is -0.449 e. The van der Waals surface area contributed by atoms with Crippen LogP contribution in [0.3, 0.4) is 0 Å². The molecule has 82 valence electrons. The fourth-order valence-electron chi connectivity index (χ4n) is 1.77. The smallest absolute Gasteiger partial charge is 0.404 e. The number of alkyl halides is 4. The largest absolute Gasteiger partial charge is 0.449 e. The molecule has 0 bridgehead atoms. The van der Waals surface area contributed by atoms with E-state index in [1.54, 1.807) is 0 Å². The molecule has 0 aromatic rings. The number of carbonyl (C=O) groups is 1. The van der Waals surface area contributed by atoms with Gasteiger partial charge in [0.15, 0.2) is 11.5 Å². The Morgan fingerprint density at radius 1 is 1.36 bits per heavy atom. The molecule has 0 atom stereocenters. The van der Waals surface area contributed by atoms with E-state index in [1.165, 1.54) is 0 Å². The number of hydrogen-bond acceptors (Lipinski definition) is 2. The molecule has 0 aromatic carbocycles. The Kier molecular flexibility index (Phi) is 3.29. The molecule has 0 radical (unpaired) electrons. The number of carbonyl (C=O) groups excluding carboxylic acids is 1. The lowest BCUT2D eigenvalue weighted by Gasteiger charge is -2.28. The van der Waals surface area contributed by atoms with E-state index in [9.17, 15) is 18.0 Å². The Morgan fingerprint density at radius 2 is 1.86 bits per heavy atom. The van der Waals surface area contributed by atoms with Crippen LogP contribution in [0, 0.1) is 5.41 Å². The van der Waals surface area contributed by atoms with Crippen molar-refractivity contribution in [3.05, 3.63) is 0 Å². The molecule has 1 rings (SSSR count). The third kappa shape index (κ3) is 1.82. The Hall–Kier alpha value is -0.450. The summed E-state index contributed by atoms with van der Waals surface area (Å²) in [6.45, 7) is 0. The summed E-state index contributed by atoms with van der Waals surface area (Å²) in [5, 5.41) is 0. The van der Waals surface area contributed by atoms with Crippen LogP contribution in [0.1, 0.15) is 25.7 Å². The molecular formula is C8H10ClF3O2. The highest BCUT2D eigenvalue weighted by molar-refractivity contribution is 6.17. The predicted molar refractivity (Wildman–Crippen MR) is 43.8 cm³/mol. The summed E-state index contributed by atoms with van der Waals surface area (Å²) in [5.41, 5.74) is -2.30. The van der Waals surface area contributed by atoms with Gasteiger partial charge in [-0.05, 0) is 12.8 Å². The van der Waals surface area contributed by atoms with Crippen molar-refractivity contribution in [1.82, 2.24) is 0 Å². The van der Waals surface area contributed by atoms with Gasteiger partial charge in [0.1, 0.15) is 0 Å². The molecule has 1 fully saturated rings. The SMILES string of the molecule is O=C(OCCl)C1(C(F)(F)F)CCCC1. The minimum absolute atomic E-state index is 0.188. The third-order valence-corrected chi connectivity index (χ3v) is 2.69. The molecule has 0 heterocycles. The maximum atomic E-state index is 12.6. The van der Waals surface area contributed by atoms with Crippen molar-refractivity contribution in [3.8, 4) is 0 Å². The van der Waals surface area contributed by atoms with Crippen LogP contribution in [0.25, 0.3) is 0 Å². The van der Waals surface area contributed by atoms with Crippen molar-refractivity contribution in [1.29, 1.82) is 0 Å². The van der Waals surface area contributed by atoms with Gasteiger partial charge in [-0.15, -0.1) is 0 Å². The van der Waals surface area contributed by atoms with Crippen LogP contribution in [0.4, 0.5) is 13.2 Å². The lowest BCUT2D eigenvalue weighted by molar-refractivity contribution is -0.232. The van der Waals surface area contributed by atoms with Gasteiger partial charge in [0, 0.05) is 0 Å². The molecule has 0 spiro atoms. The maximum Gasteiger partial charge on any atom is 0.404 e. The third-order valence-electron chi connectivity index (χ3n) is 2.58. The topological polar surface area (TPSA) is 26.3 Å². The van der Waals surface area contributed by atoms with Gasteiger partial charge in [0.05, 0.1) is 0 Å². The molecule has 0 aromatic heterocycles. The van der Waals surface area contributed by atoms with Crippen molar-refractivity contribution >= 4 is 17.6 Å². The van der Waals surface area contributed by atoms with Crippen LogP contribution in [-0.4, -0.2) is 18.2 Å². The number of rotatable bonds is 2. The normalized spacial score (nSPS) is 20.9. The molecule has 6 heteroatoms. The first-order valence-electron chi connectivity index (χ1n) is 4.24. The van der Waals surface area contributed by atoms with Gasteiger partial charge >= 0.3 is 12.1 Å². The molecule has 0 amide bonds. The number of halogens is 4. The maximum absolute atomic E-state index is 12.6. The second kappa shape index (κ2) is 3.96. The van der Waals surface area contributed by atoms with E-state index in [1.807, 2.05) is 0 Å². The monoisotopic (exact) mass is 230 g/mol. The molecule has 1 aliphatic rings. The standard InChI is InChI=1S/C8H10ClF3O2/c9-5-14-6(13)7(8(10,11)12)3-1-2-4-7/h1-5H2. The highest BCUT2D eigenvalue weighted by atomic mass is 35.5. The van der Waals surface area contributed by atoms with E-state index in [-0.39, 0.29) is 12.8 Å². The van der Waals surface area contributed by atoms with Gasteiger partial charge in [0.2, 0.25) is 0 Å². The highest BCUT2D eigenvalue weighted by Gasteiger charge is 2.62. The minimum atomic E-state index is -4.54. The van der Waals surface area contributed by atoms with Crippen molar-refractivity contribution in [2.24, 2.45) is 5.41 Å². The van der Waals surface area contributed by atoms with Crippen molar-refractivity contribution in [2.75, 3.05) is 6.07 Å². The van der Waals surface area contributed by atoms with Crippen LogP contribution in [0.15, 0.2) is 0 Å². The average Bonchev–Trinajstić information content (AvgIpc) is 2.51. The van der Waals surface area contributed by atoms with Crippen LogP contribution < -0.4 is 0 Å². The number of hydrogen-bond donors (Lipinski definition) is 0. The first kappa shape index (κ1) is 11.6. The average molecular weight is 231 g/mol. The first-order chi connectivity index (χ1) is 6.44. The molecular weight excluding hydrogens is 221 g/mol. The zero-order valence-electron chi connectivity index (χ0n) is 7.36. The Labute approximate surface area is 84.4 Å². The fraction of sp³-hybridized carbons (Fsp3) is 0.875. The lowest BCUT2D eigenvalue weighted by Crippen LogP contribution is -2.43. The summed E-state index contributed by atoms with van der Waals surface area (Å²) in [4.78, 5) is 11.2. The van der Waals surface area contributed by atoms with E-state index in [0.29, 0.717) is 12.8 Å². The molecule has 0 unspecified atom stereocenters. The zero-order valence-corrected chi connectivity index (χ0v) is 8.12. The molecule has 2 nitrogen and oxygen atoms in total. The summed E-state index contributed by atoms with van der Waals surface area (Å²) in [7, 11) is 0. The van der Waals surface area contributed by atoms with Crippen LogP contribution in [0.2, 0.25) is 0 Å². The number of ether oxygens (including phenoxy) is 1. The van der Waals surface area contributed by atoms with E-state index < -0.39 is 23.6 Å². The second-order valence-corrected chi connectivity index (χ2v) is 3.55. The van der Waals surface area contributed by atoms with Crippen molar-refractivity contribution < 1.29 is 22.7 Å². The lowest BCUT2D eigenvalue weighted by atomic mass is 9.85. The van der Waals surface area contributed by atoms with Gasteiger partial charge in [-0.1, -0.05) is 24.4 Å². The summed E-state index contributed by atoms with van der Waals surface area (Å²) in [5.74, 6) is -1.24. The molecule has 14 heavy (non-hydrogen) atoms. The molecule has 0 saturated heterocycles. The van der Waals surface area contributed by atoms with Gasteiger partial charge in [-0.25, -0.2) is 0 Å². The summed E-state index contributed by atoms with van der Waals surface area (Å²) in [6.07, 6.45) is -4.11. The second-order valence-electron chi connectivity index (χ2n) is 3.33. The first-order valence-corrected chi connectivity index (χ1v) is 4.77. The predicted octanol–water partition coefficient (Wildman–Crippen LogP) is 2.85. The van der Waals surface area contributed by atoms with Crippen LogP contribution in [0.5, 0.6) is 0 Å². The van der Waals surface area contributed by atoms with Gasteiger partial charge < -0.3 is 4.74 Å².